The molecule has 4 bridgehead atoms. The maximum absolute atomic E-state index is 15.5. The molecule has 808 valence electrons. The van der Waals surface area contributed by atoms with Crippen LogP contribution >= 0.6 is 35.3 Å². The van der Waals surface area contributed by atoms with Crippen LogP contribution in [0.1, 0.15) is 142 Å². The zero-order valence-corrected chi connectivity index (χ0v) is 85.3. The van der Waals surface area contributed by atoms with Crippen LogP contribution in [0.4, 0.5) is 0 Å². The number of aliphatic hydroxyl groups excluding tert-OH is 1. The number of amides is 20. The Bertz CT molecular complexity index is 5470. The average Bonchev–Trinajstić information content (AvgIpc) is 1.74. The summed E-state index contributed by atoms with van der Waals surface area (Å²) in [7, 11) is 0. The number of unbranched alkanes of at least 4 members (excludes halogenated alkanes) is 1. The molecule has 9 rings (SSSR count). The third kappa shape index (κ3) is 34.9. The summed E-state index contributed by atoms with van der Waals surface area (Å²) in [5, 5.41) is 88.3. The van der Waals surface area contributed by atoms with Gasteiger partial charge in [0, 0.05) is 103 Å². The Labute approximate surface area is 864 Å². The van der Waals surface area contributed by atoms with Crippen LogP contribution in [0, 0.1) is 5.92 Å². The van der Waals surface area contributed by atoms with E-state index in [1.54, 1.807) is 37.4 Å². The minimum absolute atomic E-state index is 0.0477. The molecular formula is C95H133N23O27S3. The number of thioether (sulfide) groups is 3. The van der Waals surface area contributed by atoms with Gasteiger partial charge in [-0.15, -0.1) is 0 Å². The van der Waals surface area contributed by atoms with E-state index in [0.717, 1.165) is 66.7 Å². The maximum Gasteiger partial charge on any atom is 0.305 e. The number of carbonyl (C=O) groups excluding carboxylic acids is 20. The smallest absolute Gasteiger partial charge is 0.305 e. The number of aromatic nitrogens is 1. The van der Waals surface area contributed by atoms with Gasteiger partial charge in [0.05, 0.1) is 51.5 Å². The van der Waals surface area contributed by atoms with Gasteiger partial charge in [-0.25, -0.2) is 0 Å². The van der Waals surface area contributed by atoms with Gasteiger partial charge in [0.15, 0.2) is 0 Å². The topological polar surface area (TPSA) is 755 Å². The van der Waals surface area contributed by atoms with E-state index in [-0.39, 0.29) is 136 Å². The molecule has 0 saturated carbocycles. The fraction of sp³-hybridized carbons (Fsp3) is 0.558. The lowest BCUT2D eigenvalue weighted by Crippen LogP contribution is -2.63. The molecule has 0 unspecified atom stereocenters. The fourth-order valence-electron chi connectivity index (χ4n) is 16.9. The van der Waals surface area contributed by atoms with Crippen molar-refractivity contribution in [1.82, 2.24) is 104 Å². The summed E-state index contributed by atoms with van der Waals surface area (Å²) in [4.78, 5) is 327. The average molecular weight is 2130 g/mol. The Morgan fingerprint density at radius 3 is 1.51 bits per heavy atom. The number of fused-ring (bicyclic) bond motifs is 10. The zero-order valence-electron chi connectivity index (χ0n) is 82.8. The number of carboxylic acid groups (broad SMARTS) is 2. The van der Waals surface area contributed by atoms with E-state index < -0.39 is 303 Å². The standard InChI is InChI=1S/C95H133N23O27S3/c1-7-49(2)78-92(142)110-68(88(138)101-51(4)80(98)130)44-147-34-28-74(124)115-46-114-47-116(48-115)75(125)29-35-148-45-69(111-81(131)50(3)97)95(145)118-32-13-18-71(118)91(141)106-64(39-76(126)127)86(136)105-63(38-56-41-99-60-15-9-8-14-59(56)60)83(133)100-42-72(122)103-61(16-10-11-30-96)84(134)104-62(36-54-19-23-57(120)24-20-54)85(135)109-67(43-146-33-27-73(114)123)89(139)102-52(5)82(132)108-66(37-55-21-25-58(121)26-22-55)94(144)117-31-12-17-70(117)90(140)107-65(40-77(128)129)87(137)113-79(53(6)119)93(143)112-78/h8-9,14-15,19-26,41,49-53,61-71,78-79,99,119-121H,7,10-13,16-18,27-40,42-48,96-97H2,1-6H3,(H2,98,130)(H,100,133)(H,101,138)(H,102,139)(H,103,122)(H,104,134)(H,105,136)(H,106,141)(H,107,140)(H,108,132)(H,109,135)(H,110,142)(H,111,131)(H,112,143)(H,113,137)(H,126,127)(H,128,129)/t49-,50-,51-,52-,53+,61-,62-,63-,64-,65-,66-,67-,68-,69-,70-,71-,78-,79-/m0/s1. The van der Waals surface area contributed by atoms with Crippen molar-refractivity contribution in [3.63, 3.8) is 0 Å². The van der Waals surface area contributed by atoms with E-state index in [2.05, 4.69) is 79.4 Å². The van der Waals surface area contributed by atoms with E-state index in [1.165, 1.54) is 76.2 Å². The molecule has 0 aliphatic carbocycles. The molecule has 18 atom stereocenters. The quantitative estimate of drug-likeness (QED) is 0.0326. The number of H-pyrrole nitrogens is 1. The summed E-state index contributed by atoms with van der Waals surface area (Å²) in [6.07, 6.45) is -4.49. The van der Waals surface area contributed by atoms with E-state index in [9.17, 15) is 112 Å². The van der Waals surface area contributed by atoms with Crippen LogP contribution in [0.5, 0.6) is 11.5 Å². The Morgan fingerprint density at radius 1 is 0.507 bits per heavy atom. The third-order valence-corrected chi connectivity index (χ3v) is 28.6. The summed E-state index contributed by atoms with van der Waals surface area (Å²) in [6.45, 7) is 5.43. The normalized spacial score (nSPS) is 25.6. The van der Waals surface area contributed by atoms with Crippen LogP contribution in [0.3, 0.4) is 0 Å². The number of para-hydroxylation sites is 1. The summed E-state index contributed by atoms with van der Waals surface area (Å²) >= 11 is 2.77. The first kappa shape index (κ1) is 118. The van der Waals surface area contributed by atoms with Gasteiger partial charge in [0.1, 0.15) is 102 Å². The highest BCUT2D eigenvalue weighted by Gasteiger charge is 2.46. The molecule has 1 aromatic heterocycles. The molecule has 5 saturated heterocycles. The molecule has 5 aliphatic rings. The number of rotatable bonds is 22. The largest absolute Gasteiger partial charge is 0.508 e. The number of carbonyl (C=O) groups is 22. The Hall–Kier alpha value is -13.9. The lowest BCUT2D eigenvalue weighted by Gasteiger charge is -2.42. The molecule has 5 fully saturated rings. The molecule has 4 aromatic rings. The van der Waals surface area contributed by atoms with Gasteiger partial charge in [0.2, 0.25) is 118 Å². The number of aromatic hydroxyl groups is 2. The van der Waals surface area contributed by atoms with Crippen molar-refractivity contribution in [3.05, 3.63) is 95.7 Å². The number of primary amides is 1. The van der Waals surface area contributed by atoms with Crippen LogP contribution in [-0.2, 0) is 125 Å². The lowest BCUT2D eigenvalue weighted by molar-refractivity contribution is -0.158. The number of benzene rings is 3. The van der Waals surface area contributed by atoms with E-state index in [4.69, 9.17) is 17.2 Å². The predicted molar refractivity (Wildman–Crippen MR) is 537 cm³/mol. The van der Waals surface area contributed by atoms with Gasteiger partial charge in [-0.05, 0) is 132 Å². The van der Waals surface area contributed by atoms with Gasteiger partial charge in [-0.1, -0.05) is 62.7 Å². The minimum atomic E-state index is -2.07. The number of hydrogen-bond acceptors (Lipinski definition) is 30. The van der Waals surface area contributed by atoms with Gasteiger partial charge >= 0.3 is 11.9 Å². The highest BCUT2D eigenvalue weighted by Crippen LogP contribution is 2.28. The van der Waals surface area contributed by atoms with Crippen molar-refractivity contribution >= 4 is 176 Å². The Kier molecular flexibility index (Phi) is 45.2. The number of aliphatic carboxylic acids is 2. The van der Waals surface area contributed by atoms with Crippen molar-refractivity contribution in [2.75, 3.05) is 80.7 Å². The monoisotopic (exact) mass is 2120 g/mol. The van der Waals surface area contributed by atoms with Crippen molar-refractivity contribution in [2.45, 2.75) is 247 Å². The second kappa shape index (κ2) is 56.8. The molecule has 0 spiro atoms. The second-order valence-corrected chi connectivity index (χ2v) is 40.4. The summed E-state index contributed by atoms with van der Waals surface area (Å²) in [6, 6.07) is -8.83. The van der Waals surface area contributed by atoms with Crippen molar-refractivity contribution in [3.8, 4) is 11.5 Å². The van der Waals surface area contributed by atoms with E-state index in [0.29, 0.717) is 22.0 Å². The van der Waals surface area contributed by atoms with Crippen molar-refractivity contribution in [2.24, 2.45) is 23.1 Å². The number of hydrogen-bond donors (Lipinski definition) is 23. The van der Waals surface area contributed by atoms with E-state index >= 15 is 19.2 Å². The Balaban J connectivity index is 1.13. The van der Waals surface area contributed by atoms with Crippen molar-refractivity contribution < 1.29 is 131 Å². The Morgan fingerprint density at radius 2 is 0.986 bits per heavy atom. The first-order valence-corrected chi connectivity index (χ1v) is 52.1. The van der Waals surface area contributed by atoms with Crippen LogP contribution in [-0.4, -0.2) is 369 Å². The minimum Gasteiger partial charge on any atom is -0.508 e. The second-order valence-electron chi connectivity index (χ2n) is 36.9. The summed E-state index contributed by atoms with van der Waals surface area (Å²) in [5.41, 5.74) is 19.1. The number of nitrogens with zero attached hydrogens (tertiary/aromatic N) is 5. The first-order valence-electron chi connectivity index (χ1n) is 48.7. The number of nitrogens with two attached hydrogens (primary N) is 3. The van der Waals surface area contributed by atoms with Crippen LogP contribution in [0.25, 0.3) is 10.9 Å². The number of nitrogens with one attached hydrogen (secondary N) is 15. The molecule has 6 heterocycles. The van der Waals surface area contributed by atoms with Crippen molar-refractivity contribution in [1.29, 1.82) is 0 Å². The molecule has 5 aliphatic heterocycles. The summed E-state index contributed by atoms with van der Waals surface area (Å²) < 4.78 is 0. The maximum atomic E-state index is 15.5. The van der Waals surface area contributed by atoms with E-state index in [1.807, 2.05) is 0 Å². The number of aliphatic hydroxyl groups is 1. The van der Waals surface area contributed by atoms with Crippen LogP contribution in [0.2, 0.25) is 0 Å². The molecule has 0 radical (unpaired) electrons. The molecule has 20 amide bonds. The predicted octanol–water partition coefficient (Wildman–Crippen LogP) is -5.85. The molecule has 50 nitrogen and oxygen atoms in total. The summed E-state index contributed by atoms with van der Waals surface area (Å²) in [5.74, 6) is -26.3. The van der Waals surface area contributed by atoms with Gasteiger partial charge in [0.25, 0.3) is 0 Å². The van der Waals surface area contributed by atoms with Gasteiger partial charge in [-0.2, -0.15) is 35.3 Å². The molecule has 3 aromatic carbocycles. The number of carboxylic acids is 2. The number of aromatic amines is 1. The highest BCUT2D eigenvalue weighted by atomic mass is 32.2. The highest BCUT2D eigenvalue weighted by molar-refractivity contribution is 7.99. The molecule has 148 heavy (non-hydrogen) atoms. The number of phenols is 2. The SMILES string of the molecule is CC[C@H](C)[C@@H]1NC(=O)[C@H]([C@@H](C)O)NC(=O)[C@H](CC(=O)O)NC(=O)[C@@H]2CCCN2C(=O)[C@H](Cc2ccc(O)cc2)NC(=O)[C@H](C)NC(=O)[C@@H]2CSCCC(=O)N3CN(CN(C3)C(=O)CCSC[C@H](NC(=O)[C@H](C)N)C(=O)N3CCC[C@H]3C(=O)N[C@@H](CC(=O)O)C(=O)N[C@@H](Cc3c[nH]c4ccccc34)C(=O)NCC(=O)N[C@@H](CCCCN)C(=O)N[C@@H](Cc3ccc(O)cc3)C(=O)N2)C(=O)CCSC[C@@H](C(=O)N[C@@H](C)C(N)=O)NC1=O. The van der Waals surface area contributed by atoms with Crippen LogP contribution in [0.15, 0.2) is 79.0 Å². The molecule has 53 heteroatoms. The third-order valence-electron chi connectivity index (χ3n) is 25.5. The fourth-order valence-corrected chi connectivity index (χ4v) is 19.7. The van der Waals surface area contributed by atoms with Crippen LogP contribution < -0.4 is 91.6 Å². The lowest BCUT2D eigenvalue weighted by atomic mass is 9.97. The molecule has 26 N–H and O–H groups in total. The zero-order chi connectivity index (χ0) is 108. The van der Waals surface area contributed by atoms with Gasteiger partial charge in [-0.3, -0.25) is 105 Å². The first-order chi connectivity index (χ1) is 70.3. The molecular weight excluding hydrogens is 1990 g/mol. The number of phenolic OH excluding ortho intramolecular Hbond substituents is 2. The van der Waals surface area contributed by atoms with Gasteiger partial charge < -0.3 is 147 Å².